The maximum Gasteiger partial charge on any atom is 0.235 e. The van der Waals surface area contributed by atoms with Crippen molar-refractivity contribution in [3.63, 3.8) is 0 Å². The molecule has 4 nitrogen and oxygen atoms in total. The van der Waals surface area contributed by atoms with Crippen LogP contribution in [-0.2, 0) is 0 Å². The van der Waals surface area contributed by atoms with Gasteiger partial charge in [0.15, 0.2) is 8.37 Å². The number of rotatable bonds is 2. The van der Waals surface area contributed by atoms with Crippen molar-refractivity contribution in [2.75, 3.05) is 6.66 Å². The van der Waals surface area contributed by atoms with E-state index in [4.69, 9.17) is 0 Å². The molecule has 1 rings (SSSR count). The van der Waals surface area contributed by atoms with Gasteiger partial charge in [-0.2, -0.15) is 5.09 Å². The molecule has 1 fully saturated rings. The molecule has 0 unspecified atom stereocenters. The first kappa shape index (κ1) is 21.7. The Hall–Kier alpha value is 0.700. The fraction of sp³-hybridized carbons (Fsp3) is 1.00. The predicted octanol–water partition coefficient (Wildman–Crippen LogP) is 5.60. The molecule has 1 heterocycles. The summed E-state index contributed by atoms with van der Waals surface area (Å²) in [6.45, 7) is 30.1. The lowest BCUT2D eigenvalue weighted by molar-refractivity contribution is 0.250. The SMILES string of the molecule is CC(C)(C)NP1N(C(C)(C)C)[P+](C)(NC(C)(C)C)N1C(C)(C)C. The third kappa shape index (κ3) is 5.09. The van der Waals surface area contributed by atoms with Crippen molar-refractivity contribution in [1.29, 1.82) is 0 Å². The van der Waals surface area contributed by atoms with Gasteiger partial charge in [-0.3, -0.25) is 5.09 Å². The third-order valence-corrected chi connectivity index (χ3v) is 12.9. The van der Waals surface area contributed by atoms with Crippen molar-refractivity contribution >= 4 is 16.1 Å². The molecule has 138 valence electrons. The van der Waals surface area contributed by atoms with Crippen LogP contribution in [0.3, 0.4) is 0 Å². The van der Waals surface area contributed by atoms with Gasteiger partial charge in [0.25, 0.3) is 0 Å². The Morgan fingerprint density at radius 2 is 1.00 bits per heavy atom. The number of nitrogens with zero attached hydrogens (tertiary/aromatic N) is 2. The summed E-state index contributed by atoms with van der Waals surface area (Å²) in [5.41, 5.74) is 0.462. The van der Waals surface area contributed by atoms with E-state index in [0.29, 0.717) is 0 Å². The lowest BCUT2D eigenvalue weighted by Gasteiger charge is -2.64. The summed E-state index contributed by atoms with van der Waals surface area (Å²) in [5.74, 6) is 0. The molecule has 23 heavy (non-hydrogen) atoms. The van der Waals surface area contributed by atoms with Gasteiger partial charge in [0.2, 0.25) is 7.71 Å². The summed E-state index contributed by atoms with van der Waals surface area (Å²) in [7, 11) is -2.11. The Bertz CT molecular complexity index is 402. The highest BCUT2D eigenvalue weighted by Crippen LogP contribution is 2.87. The number of nitrogens with one attached hydrogen (secondary N) is 2. The highest BCUT2D eigenvalue weighted by molar-refractivity contribution is 7.90. The molecule has 0 amide bonds. The van der Waals surface area contributed by atoms with Crippen LogP contribution in [0.25, 0.3) is 0 Å². The van der Waals surface area contributed by atoms with Crippen molar-refractivity contribution in [2.24, 2.45) is 0 Å². The zero-order valence-electron chi connectivity index (χ0n) is 17.8. The molecule has 1 aliphatic heterocycles. The molecule has 0 bridgehead atoms. The van der Waals surface area contributed by atoms with Crippen LogP contribution in [0.1, 0.15) is 83.1 Å². The minimum atomic E-state index is -1.59. The number of hydrogen-bond donors (Lipinski definition) is 2. The second kappa shape index (κ2) is 6.15. The largest absolute Gasteiger partial charge is 0.261 e. The quantitative estimate of drug-likeness (QED) is 0.626. The zero-order chi connectivity index (χ0) is 18.6. The summed E-state index contributed by atoms with van der Waals surface area (Å²) < 4.78 is 5.49. The van der Waals surface area contributed by atoms with Gasteiger partial charge in [0.05, 0.1) is 17.7 Å². The van der Waals surface area contributed by atoms with E-state index in [0.717, 1.165) is 0 Å². The molecule has 6 heteroatoms. The van der Waals surface area contributed by atoms with Crippen molar-refractivity contribution in [3.05, 3.63) is 0 Å². The van der Waals surface area contributed by atoms with E-state index in [1.54, 1.807) is 0 Å². The second-order valence-electron chi connectivity index (χ2n) is 10.8. The van der Waals surface area contributed by atoms with Gasteiger partial charge in [-0.1, -0.05) is 8.88 Å². The molecule has 0 aromatic carbocycles. The maximum atomic E-state index is 4.00. The topological polar surface area (TPSA) is 30.5 Å². The average Bonchev–Trinajstić information content (AvgIpc) is 2.03. The highest BCUT2D eigenvalue weighted by atomic mass is 31.3. The smallest absolute Gasteiger partial charge is 0.235 e. The van der Waals surface area contributed by atoms with Crippen LogP contribution in [0.15, 0.2) is 0 Å². The Morgan fingerprint density at radius 3 is 1.22 bits per heavy atom. The summed E-state index contributed by atoms with van der Waals surface area (Å²) in [5, 5.41) is 7.91. The van der Waals surface area contributed by atoms with Gasteiger partial charge in [0.1, 0.15) is 0 Å². The van der Waals surface area contributed by atoms with Crippen molar-refractivity contribution in [1.82, 2.24) is 19.1 Å². The van der Waals surface area contributed by atoms with Crippen LogP contribution in [0.2, 0.25) is 0 Å². The molecule has 1 aliphatic rings. The fourth-order valence-electron chi connectivity index (χ4n) is 3.32. The predicted molar refractivity (Wildman–Crippen MR) is 109 cm³/mol. The van der Waals surface area contributed by atoms with Crippen molar-refractivity contribution in [2.45, 2.75) is 105 Å². The first-order valence-corrected chi connectivity index (χ1v) is 12.0. The molecule has 0 atom stereocenters. The first-order chi connectivity index (χ1) is 9.79. The molecule has 0 saturated carbocycles. The van der Waals surface area contributed by atoms with E-state index in [2.05, 4.69) is 109 Å². The summed E-state index contributed by atoms with van der Waals surface area (Å²) in [6, 6.07) is 0. The first-order valence-electron chi connectivity index (χ1n) is 8.64. The van der Waals surface area contributed by atoms with Gasteiger partial charge < -0.3 is 0 Å². The fourth-order valence-corrected chi connectivity index (χ4v) is 13.0. The Balaban J connectivity index is 3.34. The van der Waals surface area contributed by atoms with Gasteiger partial charge in [-0.25, -0.2) is 0 Å². The average molecular weight is 363 g/mol. The summed E-state index contributed by atoms with van der Waals surface area (Å²) in [6.07, 6.45) is 0. The van der Waals surface area contributed by atoms with Crippen LogP contribution in [0, 0.1) is 0 Å². The molecule has 0 radical (unpaired) electrons. The summed E-state index contributed by atoms with van der Waals surface area (Å²) in [4.78, 5) is 0. The van der Waals surface area contributed by atoms with Crippen LogP contribution in [0.5, 0.6) is 0 Å². The van der Waals surface area contributed by atoms with Gasteiger partial charge in [-0.15, -0.1) is 0 Å². The van der Waals surface area contributed by atoms with Crippen molar-refractivity contribution < 1.29 is 0 Å². The zero-order valence-corrected chi connectivity index (χ0v) is 19.6. The minimum Gasteiger partial charge on any atom is -0.261 e. The van der Waals surface area contributed by atoms with Crippen molar-refractivity contribution in [3.8, 4) is 0 Å². The molecule has 0 aromatic rings. The lowest BCUT2D eigenvalue weighted by atomic mass is 10.1. The van der Waals surface area contributed by atoms with Gasteiger partial charge in [-0.05, 0) is 83.1 Å². The van der Waals surface area contributed by atoms with Crippen LogP contribution in [-0.4, -0.2) is 37.7 Å². The van der Waals surface area contributed by atoms with E-state index in [1.807, 2.05) is 0 Å². The molecular formula is C17H41N4P2+. The Kier molecular flexibility index (Phi) is 5.81. The van der Waals surface area contributed by atoms with Crippen LogP contribution >= 0.6 is 16.1 Å². The lowest BCUT2D eigenvalue weighted by Crippen LogP contribution is -2.65. The van der Waals surface area contributed by atoms with E-state index in [-0.39, 0.29) is 22.2 Å². The molecular weight excluding hydrogens is 322 g/mol. The normalized spacial score (nSPS) is 28.8. The molecule has 0 spiro atoms. The van der Waals surface area contributed by atoms with E-state index in [9.17, 15) is 0 Å². The molecule has 0 aliphatic carbocycles. The Labute approximate surface area is 147 Å². The standard InChI is InChI=1S/C17H41N4P2/c1-14(2,3)18-22-20(16(7,8)9)23(13,19-15(4,5)6)21(22)17(10,11)12/h18-19H,1-13H3/q+1. The third-order valence-electron chi connectivity index (χ3n) is 3.28. The Morgan fingerprint density at radius 1 is 0.652 bits per heavy atom. The molecule has 1 saturated heterocycles. The monoisotopic (exact) mass is 363 g/mol. The molecule has 2 N–H and O–H groups in total. The maximum absolute atomic E-state index is 4.00. The second-order valence-corrected chi connectivity index (χ2v) is 15.9. The van der Waals surface area contributed by atoms with Gasteiger partial charge in [0, 0.05) is 11.1 Å². The minimum absolute atomic E-state index is 0.0959. The van der Waals surface area contributed by atoms with E-state index in [1.165, 1.54) is 0 Å². The van der Waals surface area contributed by atoms with E-state index >= 15 is 0 Å². The number of hydrogen-bond acceptors (Lipinski definition) is 4. The van der Waals surface area contributed by atoms with Crippen LogP contribution < -0.4 is 10.2 Å². The summed E-state index contributed by atoms with van der Waals surface area (Å²) >= 11 is 0. The van der Waals surface area contributed by atoms with Gasteiger partial charge >= 0.3 is 0 Å². The molecule has 0 aromatic heterocycles. The highest BCUT2D eigenvalue weighted by Gasteiger charge is 2.73. The van der Waals surface area contributed by atoms with E-state index < -0.39 is 16.1 Å². The van der Waals surface area contributed by atoms with Crippen LogP contribution in [0.4, 0.5) is 0 Å².